The minimum atomic E-state index is -0.323. The van der Waals surface area contributed by atoms with E-state index in [0.29, 0.717) is 22.7 Å². The van der Waals surface area contributed by atoms with Crippen molar-refractivity contribution < 1.29 is 14.4 Å². The topological polar surface area (TPSA) is 37.0 Å². The van der Waals surface area contributed by atoms with Crippen LogP contribution in [0.15, 0.2) is 47.5 Å². The van der Waals surface area contributed by atoms with Gasteiger partial charge in [-0.3, -0.25) is 4.99 Å². The Kier molecular flexibility index (Phi) is 5.52. The number of nitrogens with one attached hydrogen (secondary N) is 1. The molecule has 0 aliphatic carbocycles. The predicted molar refractivity (Wildman–Crippen MR) is 87.5 cm³/mol. The molecule has 0 unspecified atom stereocenters. The molecule has 0 aliphatic rings. The van der Waals surface area contributed by atoms with Gasteiger partial charge in [0.1, 0.15) is 17.6 Å². The van der Waals surface area contributed by atoms with E-state index in [0.717, 1.165) is 4.90 Å². The number of hydrogen-bond donors (Lipinski definition) is 2. The molecule has 0 heterocycles. The number of halogens is 2. The molecule has 0 spiro atoms. The zero-order valence-corrected chi connectivity index (χ0v) is 13.3. The van der Waals surface area contributed by atoms with Crippen LogP contribution < -0.4 is 4.90 Å². The van der Waals surface area contributed by atoms with Crippen LogP contribution in [-0.4, -0.2) is 32.0 Å². The molecule has 5 heteroatoms. The Balaban J connectivity index is 2.22. The number of likely N-dealkylation sites (N-methyl/N-ethyl adjacent to an activating group) is 1. The Morgan fingerprint density at radius 2 is 1.95 bits per heavy atom. The van der Waals surface area contributed by atoms with Gasteiger partial charge < -0.3 is 10.0 Å². The molecule has 2 rings (SSSR count). The lowest BCUT2D eigenvalue weighted by Crippen LogP contribution is -3.06. The highest BCUT2D eigenvalue weighted by Crippen LogP contribution is 2.24. The number of phenols is 1. The van der Waals surface area contributed by atoms with Crippen molar-refractivity contribution in [2.24, 2.45) is 4.99 Å². The first kappa shape index (κ1) is 16.5. The Hall–Kier alpha value is -1.91. The monoisotopic (exact) mass is 321 g/mol. The van der Waals surface area contributed by atoms with Gasteiger partial charge in [0.05, 0.1) is 31.2 Å². The zero-order valence-electron chi connectivity index (χ0n) is 12.6. The first-order chi connectivity index (χ1) is 10.5. The van der Waals surface area contributed by atoms with Crippen molar-refractivity contribution in [1.29, 1.82) is 0 Å². The molecule has 0 radical (unpaired) electrons. The van der Waals surface area contributed by atoms with Crippen molar-refractivity contribution in [3.8, 4) is 5.75 Å². The SMILES string of the molecule is C[NH+](C)[C@H](CN=Cc1ccccc1O)c1c(F)cccc1Cl. The molecule has 116 valence electrons. The molecule has 2 aromatic rings. The number of rotatable bonds is 5. The number of para-hydroxylation sites is 1. The van der Waals surface area contributed by atoms with Crippen LogP contribution in [0, 0.1) is 5.82 Å². The highest BCUT2D eigenvalue weighted by Gasteiger charge is 2.23. The number of phenolic OH excluding ortho intramolecular Hbond substituents is 1. The molecule has 0 fully saturated rings. The minimum absolute atomic E-state index is 0.170. The second-order valence-corrected chi connectivity index (χ2v) is 5.73. The van der Waals surface area contributed by atoms with Crippen LogP contribution >= 0.6 is 11.6 Å². The molecule has 3 nitrogen and oxygen atoms in total. The fraction of sp³-hybridized carbons (Fsp3) is 0.235. The van der Waals surface area contributed by atoms with Crippen LogP contribution in [0.5, 0.6) is 5.75 Å². The molecule has 2 N–H and O–H groups in total. The molecule has 0 saturated heterocycles. The van der Waals surface area contributed by atoms with Gasteiger partial charge in [0.25, 0.3) is 0 Å². The third-order valence-corrected chi connectivity index (χ3v) is 3.83. The largest absolute Gasteiger partial charge is 0.507 e. The Morgan fingerprint density at radius 3 is 2.59 bits per heavy atom. The summed E-state index contributed by atoms with van der Waals surface area (Å²) in [6.45, 7) is 0.372. The Bertz CT molecular complexity index is 653. The average Bonchev–Trinajstić information content (AvgIpc) is 2.47. The normalized spacial score (nSPS) is 13.0. The van der Waals surface area contributed by atoms with E-state index in [4.69, 9.17) is 11.6 Å². The smallest absolute Gasteiger partial charge is 0.137 e. The van der Waals surface area contributed by atoms with Gasteiger partial charge in [0, 0.05) is 11.8 Å². The lowest BCUT2D eigenvalue weighted by Gasteiger charge is -2.21. The van der Waals surface area contributed by atoms with E-state index in [1.165, 1.54) is 6.07 Å². The van der Waals surface area contributed by atoms with Crippen molar-refractivity contribution in [3.63, 3.8) is 0 Å². The van der Waals surface area contributed by atoms with Gasteiger partial charge in [0.15, 0.2) is 0 Å². The zero-order chi connectivity index (χ0) is 16.1. The molecule has 1 atom stereocenters. The summed E-state index contributed by atoms with van der Waals surface area (Å²) in [5.74, 6) is -0.152. The van der Waals surface area contributed by atoms with E-state index in [-0.39, 0.29) is 17.6 Å². The molecule has 0 aromatic heterocycles. The predicted octanol–water partition coefficient (Wildman–Crippen LogP) is 2.49. The summed E-state index contributed by atoms with van der Waals surface area (Å²) in [6.07, 6.45) is 1.60. The summed E-state index contributed by atoms with van der Waals surface area (Å²) < 4.78 is 14.1. The number of benzene rings is 2. The van der Waals surface area contributed by atoms with Gasteiger partial charge in [-0.1, -0.05) is 29.8 Å². The van der Waals surface area contributed by atoms with Gasteiger partial charge >= 0.3 is 0 Å². The highest BCUT2D eigenvalue weighted by atomic mass is 35.5. The number of hydrogen-bond acceptors (Lipinski definition) is 2. The summed E-state index contributed by atoms with van der Waals surface area (Å²) in [5, 5.41) is 10.1. The summed E-state index contributed by atoms with van der Waals surface area (Å²) in [5.41, 5.74) is 1.10. The van der Waals surface area contributed by atoms with Crippen molar-refractivity contribution in [2.45, 2.75) is 6.04 Å². The third kappa shape index (κ3) is 3.84. The molecule has 0 amide bonds. The Morgan fingerprint density at radius 1 is 1.23 bits per heavy atom. The lowest BCUT2D eigenvalue weighted by atomic mass is 10.1. The van der Waals surface area contributed by atoms with Crippen molar-refractivity contribution in [2.75, 3.05) is 20.6 Å². The molecule has 0 bridgehead atoms. The van der Waals surface area contributed by atoms with Gasteiger partial charge in [-0.15, -0.1) is 0 Å². The maximum atomic E-state index is 14.1. The number of nitrogens with zero attached hydrogens (tertiary/aromatic N) is 1. The van der Waals surface area contributed by atoms with E-state index in [2.05, 4.69) is 4.99 Å². The standard InChI is InChI=1S/C17H18ClFN2O/c1-21(2)15(17-13(18)7-5-8-14(17)19)11-20-10-12-6-3-4-9-16(12)22/h3-10,15,22H,11H2,1-2H3/p+1/t15-/m1/s1. The fourth-order valence-corrected chi connectivity index (χ4v) is 2.55. The van der Waals surface area contributed by atoms with Crippen LogP contribution in [0.1, 0.15) is 17.2 Å². The van der Waals surface area contributed by atoms with E-state index in [9.17, 15) is 9.50 Å². The maximum Gasteiger partial charge on any atom is 0.137 e. The summed E-state index contributed by atoms with van der Waals surface area (Å²) >= 11 is 6.14. The number of quaternary nitrogens is 1. The summed E-state index contributed by atoms with van der Waals surface area (Å²) in [4.78, 5) is 5.38. The van der Waals surface area contributed by atoms with Crippen LogP contribution in [0.3, 0.4) is 0 Å². The molecular formula is C17H19ClFN2O+. The number of aromatic hydroxyl groups is 1. The van der Waals surface area contributed by atoms with E-state index >= 15 is 0 Å². The average molecular weight is 322 g/mol. The van der Waals surface area contributed by atoms with Gasteiger partial charge in [-0.2, -0.15) is 0 Å². The van der Waals surface area contributed by atoms with E-state index < -0.39 is 0 Å². The highest BCUT2D eigenvalue weighted by molar-refractivity contribution is 6.31. The first-order valence-corrected chi connectivity index (χ1v) is 7.40. The van der Waals surface area contributed by atoms with Crippen LogP contribution in [0.25, 0.3) is 0 Å². The molecule has 2 aromatic carbocycles. The van der Waals surface area contributed by atoms with Crippen molar-refractivity contribution in [3.05, 3.63) is 64.4 Å². The minimum Gasteiger partial charge on any atom is -0.507 e. The van der Waals surface area contributed by atoms with Gasteiger partial charge in [0.2, 0.25) is 0 Å². The Labute approximate surface area is 134 Å². The summed E-state index contributed by atoms with van der Waals surface area (Å²) in [6, 6.07) is 11.4. The van der Waals surface area contributed by atoms with Crippen LogP contribution in [0.2, 0.25) is 5.02 Å². The van der Waals surface area contributed by atoms with Crippen LogP contribution in [0.4, 0.5) is 4.39 Å². The van der Waals surface area contributed by atoms with Gasteiger partial charge in [-0.05, 0) is 24.3 Å². The van der Waals surface area contributed by atoms with E-state index in [1.54, 1.807) is 36.5 Å². The van der Waals surface area contributed by atoms with E-state index in [1.807, 2.05) is 20.2 Å². The van der Waals surface area contributed by atoms with Crippen LogP contribution in [-0.2, 0) is 0 Å². The molecular weight excluding hydrogens is 303 g/mol. The number of aliphatic imine (C=N–C) groups is 1. The summed E-state index contributed by atoms with van der Waals surface area (Å²) in [7, 11) is 3.87. The second kappa shape index (κ2) is 7.38. The second-order valence-electron chi connectivity index (χ2n) is 5.32. The third-order valence-electron chi connectivity index (χ3n) is 3.50. The first-order valence-electron chi connectivity index (χ1n) is 7.02. The fourth-order valence-electron chi connectivity index (χ4n) is 2.26. The molecule has 0 aliphatic heterocycles. The van der Waals surface area contributed by atoms with Crippen molar-refractivity contribution >= 4 is 17.8 Å². The van der Waals surface area contributed by atoms with Crippen molar-refractivity contribution in [1.82, 2.24) is 0 Å². The van der Waals surface area contributed by atoms with Gasteiger partial charge in [-0.25, -0.2) is 4.39 Å². The maximum absolute atomic E-state index is 14.1. The quantitative estimate of drug-likeness (QED) is 0.816. The molecule has 0 saturated carbocycles. The molecule has 22 heavy (non-hydrogen) atoms. The lowest BCUT2D eigenvalue weighted by molar-refractivity contribution is -0.890.